The molecular weight excluding hydrogens is 178 g/mol. The van der Waals surface area contributed by atoms with Gasteiger partial charge in [-0.15, -0.1) is 0 Å². The summed E-state index contributed by atoms with van der Waals surface area (Å²) in [6.07, 6.45) is 5.34. The first-order chi connectivity index (χ1) is 6.74. The average Bonchev–Trinajstić information content (AvgIpc) is 2.06. The predicted octanol–water partition coefficient (Wildman–Crippen LogP) is 0.0651. The Hall–Kier alpha value is -0.610. The molecule has 4 nitrogen and oxygen atoms in total. The van der Waals surface area contributed by atoms with Crippen molar-refractivity contribution in [1.29, 1.82) is 0 Å². The van der Waals surface area contributed by atoms with E-state index in [1.165, 1.54) is 19.3 Å². The van der Waals surface area contributed by atoms with Gasteiger partial charge in [-0.05, 0) is 32.4 Å². The Bertz CT molecular complexity index is 180. The quantitative estimate of drug-likeness (QED) is 0.609. The molecule has 14 heavy (non-hydrogen) atoms. The fourth-order valence-electron chi connectivity index (χ4n) is 1.78. The first-order valence-corrected chi connectivity index (χ1v) is 5.46. The fraction of sp³-hybridized carbons (Fsp3) is 0.900. The number of carbonyl (C=O) groups is 1. The molecule has 0 radical (unpaired) electrons. The number of carbonyl (C=O) groups excluding carboxylic acids is 1. The van der Waals surface area contributed by atoms with Gasteiger partial charge in [0.2, 0.25) is 5.91 Å². The molecule has 1 rings (SSSR count). The van der Waals surface area contributed by atoms with Gasteiger partial charge in [0.1, 0.15) is 0 Å². The van der Waals surface area contributed by atoms with Crippen LogP contribution >= 0.6 is 0 Å². The molecule has 0 aliphatic heterocycles. The zero-order valence-electron chi connectivity index (χ0n) is 8.74. The number of hydrogen-bond donors (Lipinski definition) is 2. The van der Waals surface area contributed by atoms with E-state index in [1.807, 2.05) is 0 Å². The van der Waals surface area contributed by atoms with Gasteiger partial charge in [0, 0.05) is 19.0 Å². The Morgan fingerprint density at radius 1 is 1.36 bits per heavy atom. The lowest BCUT2D eigenvalue weighted by molar-refractivity contribution is -0.118. The van der Waals surface area contributed by atoms with Crippen LogP contribution in [0.1, 0.15) is 32.1 Å². The molecule has 0 unspecified atom stereocenters. The maximum Gasteiger partial charge on any atom is 0.218 e. The SMILES string of the molecule is NCCCN(CCC(N)=O)C1CCC1. The predicted molar refractivity (Wildman–Crippen MR) is 56.7 cm³/mol. The van der Waals surface area contributed by atoms with Crippen LogP contribution in [0.2, 0.25) is 0 Å². The number of primary amides is 1. The Labute approximate surface area is 85.6 Å². The summed E-state index contributed by atoms with van der Waals surface area (Å²) in [6.45, 7) is 2.54. The second kappa shape index (κ2) is 5.98. The monoisotopic (exact) mass is 199 g/mol. The highest BCUT2D eigenvalue weighted by atomic mass is 16.1. The first kappa shape index (κ1) is 11.5. The lowest BCUT2D eigenvalue weighted by Crippen LogP contribution is -2.42. The lowest BCUT2D eigenvalue weighted by atomic mass is 9.91. The van der Waals surface area contributed by atoms with Gasteiger partial charge in [-0.25, -0.2) is 0 Å². The van der Waals surface area contributed by atoms with Crippen LogP contribution in [0.4, 0.5) is 0 Å². The number of nitrogens with two attached hydrogens (primary N) is 2. The zero-order valence-corrected chi connectivity index (χ0v) is 8.74. The Kier molecular flexibility index (Phi) is 4.90. The molecule has 82 valence electrons. The summed E-state index contributed by atoms with van der Waals surface area (Å²) in [5, 5.41) is 0. The van der Waals surface area contributed by atoms with Crippen LogP contribution in [0.25, 0.3) is 0 Å². The summed E-state index contributed by atoms with van der Waals surface area (Å²) in [7, 11) is 0. The smallest absolute Gasteiger partial charge is 0.218 e. The minimum absolute atomic E-state index is 0.206. The van der Waals surface area contributed by atoms with Crippen molar-refractivity contribution >= 4 is 5.91 Å². The minimum Gasteiger partial charge on any atom is -0.370 e. The lowest BCUT2D eigenvalue weighted by Gasteiger charge is -2.37. The molecule has 1 fully saturated rings. The highest BCUT2D eigenvalue weighted by Gasteiger charge is 2.24. The zero-order chi connectivity index (χ0) is 10.4. The van der Waals surface area contributed by atoms with Crippen LogP contribution < -0.4 is 11.5 Å². The second-order valence-electron chi connectivity index (χ2n) is 3.98. The van der Waals surface area contributed by atoms with Crippen LogP contribution in [0.5, 0.6) is 0 Å². The van der Waals surface area contributed by atoms with E-state index in [4.69, 9.17) is 11.5 Å². The molecule has 0 aromatic heterocycles. The summed E-state index contributed by atoms with van der Waals surface area (Å²) in [4.78, 5) is 13.0. The van der Waals surface area contributed by atoms with Gasteiger partial charge >= 0.3 is 0 Å². The van der Waals surface area contributed by atoms with E-state index in [0.717, 1.165) is 26.1 Å². The van der Waals surface area contributed by atoms with Crippen LogP contribution in [-0.4, -0.2) is 36.5 Å². The topological polar surface area (TPSA) is 72.3 Å². The van der Waals surface area contributed by atoms with Gasteiger partial charge < -0.3 is 11.5 Å². The summed E-state index contributed by atoms with van der Waals surface area (Å²) >= 11 is 0. The molecule has 4 heteroatoms. The van der Waals surface area contributed by atoms with Gasteiger partial charge in [-0.1, -0.05) is 6.42 Å². The third-order valence-electron chi connectivity index (χ3n) is 2.89. The summed E-state index contributed by atoms with van der Waals surface area (Å²) in [5.41, 5.74) is 10.6. The fourth-order valence-corrected chi connectivity index (χ4v) is 1.78. The van der Waals surface area contributed by atoms with E-state index >= 15 is 0 Å². The van der Waals surface area contributed by atoms with E-state index in [1.54, 1.807) is 0 Å². The van der Waals surface area contributed by atoms with Crippen molar-refractivity contribution in [2.45, 2.75) is 38.1 Å². The van der Waals surface area contributed by atoms with Crippen LogP contribution in [0.15, 0.2) is 0 Å². The van der Waals surface area contributed by atoms with Crippen molar-refractivity contribution < 1.29 is 4.79 Å². The third-order valence-corrected chi connectivity index (χ3v) is 2.89. The molecule has 1 saturated carbocycles. The molecule has 0 aromatic rings. The maximum absolute atomic E-state index is 10.7. The summed E-state index contributed by atoms with van der Waals surface area (Å²) in [5.74, 6) is -0.206. The molecule has 0 atom stereocenters. The summed E-state index contributed by atoms with van der Waals surface area (Å²) in [6, 6.07) is 0.681. The van der Waals surface area contributed by atoms with E-state index in [-0.39, 0.29) is 5.91 Å². The molecule has 4 N–H and O–H groups in total. The van der Waals surface area contributed by atoms with Crippen LogP contribution in [0, 0.1) is 0 Å². The average molecular weight is 199 g/mol. The van der Waals surface area contributed by atoms with Crippen molar-refractivity contribution in [3.63, 3.8) is 0 Å². The minimum atomic E-state index is -0.206. The molecule has 0 spiro atoms. The number of nitrogens with zero attached hydrogens (tertiary/aromatic N) is 1. The first-order valence-electron chi connectivity index (χ1n) is 5.46. The van der Waals surface area contributed by atoms with Gasteiger partial charge in [0.25, 0.3) is 0 Å². The molecule has 1 aliphatic rings. The van der Waals surface area contributed by atoms with E-state index in [0.29, 0.717) is 12.5 Å². The van der Waals surface area contributed by atoms with Crippen molar-refractivity contribution in [2.24, 2.45) is 11.5 Å². The normalized spacial score (nSPS) is 17.0. The number of rotatable bonds is 7. The standard InChI is InChI=1S/C10H21N3O/c11-6-2-7-13(8-5-10(12)14)9-3-1-4-9/h9H,1-8,11H2,(H2,12,14). The van der Waals surface area contributed by atoms with Crippen LogP contribution in [0.3, 0.4) is 0 Å². The van der Waals surface area contributed by atoms with Crippen molar-refractivity contribution in [2.75, 3.05) is 19.6 Å². The molecule has 0 heterocycles. The van der Waals surface area contributed by atoms with Crippen LogP contribution in [-0.2, 0) is 4.79 Å². The third kappa shape index (κ3) is 3.64. The van der Waals surface area contributed by atoms with Crippen molar-refractivity contribution in [3.05, 3.63) is 0 Å². The van der Waals surface area contributed by atoms with Gasteiger partial charge in [0.05, 0.1) is 0 Å². The number of hydrogen-bond acceptors (Lipinski definition) is 3. The molecular formula is C10H21N3O. The largest absolute Gasteiger partial charge is 0.370 e. The Balaban J connectivity index is 2.24. The van der Waals surface area contributed by atoms with Crippen molar-refractivity contribution in [3.8, 4) is 0 Å². The highest BCUT2D eigenvalue weighted by molar-refractivity contribution is 5.73. The van der Waals surface area contributed by atoms with Crippen molar-refractivity contribution in [1.82, 2.24) is 4.90 Å². The molecule has 0 saturated heterocycles. The second-order valence-corrected chi connectivity index (χ2v) is 3.98. The van der Waals surface area contributed by atoms with E-state index < -0.39 is 0 Å². The molecule has 1 amide bonds. The van der Waals surface area contributed by atoms with Gasteiger partial charge in [0.15, 0.2) is 0 Å². The Morgan fingerprint density at radius 2 is 2.07 bits per heavy atom. The Morgan fingerprint density at radius 3 is 2.50 bits per heavy atom. The van der Waals surface area contributed by atoms with Gasteiger partial charge in [-0.2, -0.15) is 0 Å². The molecule has 0 aromatic carbocycles. The number of amides is 1. The molecule has 1 aliphatic carbocycles. The van der Waals surface area contributed by atoms with E-state index in [9.17, 15) is 4.79 Å². The maximum atomic E-state index is 10.7. The molecule has 0 bridgehead atoms. The highest BCUT2D eigenvalue weighted by Crippen LogP contribution is 2.24. The van der Waals surface area contributed by atoms with E-state index in [2.05, 4.69) is 4.90 Å². The summed E-state index contributed by atoms with van der Waals surface area (Å²) < 4.78 is 0. The van der Waals surface area contributed by atoms with Gasteiger partial charge in [-0.3, -0.25) is 9.69 Å².